The number of hydrogen-bond donors (Lipinski definition) is 1. The fourth-order valence-corrected chi connectivity index (χ4v) is 1.66. The highest BCUT2D eigenvalue weighted by atomic mass is 15.0. The summed E-state index contributed by atoms with van der Waals surface area (Å²) in [6.45, 7) is 8.60. The van der Waals surface area contributed by atoms with Crippen LogP contribution in [0.2, 0.25) is 0 Å². The number of nitrogens with zero attached hydrogens (tertiary/aromatic N) is 2. The van der Waals surface area contributed by atoms with Crippen LogP contribution in [-0.2, 0) is 13.0 Å². The summed E-state index contributed by atoms with van der Waals surface area (Å²) >= 11 is 0. The van der Waals surface area contributed by atoms with Crippen LogP contribution in [0.1, 0.15) is 32.9 Å². The molecule has 1 aromatic rings. The average Bonchev–Trinajstić information content (AvgIpc) is 2.62. The normalized spacial score (nSPS) is 13.1. The van der Waals surface area contributed by atoms with E-state index in [1.165, 1.54) is 12.1 Å². The maximum Gasteiger partial charge on any atom is 0.0948 e. The molecule has 0 saturated carbocycles. The lowest BCUT2D eigenvalue weighted by Gasteiger charge is -2.12. The minimum atomic E-state index is 0.597. The molecule has 1 heterocycles. The molecular weight excluding hydrogens is 174 g/mol. The fraction of sp³-hybridized carbons (Fsp3) is 0.727. The Balaban J connectivity index is 2.37. The van der Waals surface area contributed by atoms with E-state index in [2.05, 4.69) is 35.6 Å². The van der Waals surface area contributed by atoms with Crippen LogP contribution in [-0.4, -0.2) is 22.1 Å². The van der Waals surface area contributed by atoms with Crippen LogP contribution >= 0.6 is 0 Å². The Morgan fingerprint density at radius 2 is 2.29 bits per heavy atom. The van der Waals surface area contributed by atoms with Crippen molar-refractivity contribution in [2.75, 3.05) is 6.54 Å². The number of aryl methyl sites for hydroxylation is 2. The summed E-state index contributed by atoms with van der Waals surface area (Å²) in [6, 6.07) is 0.597. The molecule has 0 radical (unpaired) electrons. The quantitative estimate of drug-likeness (QED) is 0.750. The van der Waals surface area contributed by atoms with Gasteiger partial charge in [-0.15, -0.1) is 0 Å². The van der Waals surface area contributed by atoms with Gasteiger partial charge in [0.1, 0.15) is 0 Å². The molecule has 1 atom stereocenters. The van der Waals surface area contributed by atoms with Crippen molar-refractivity contribution >= 4 is 0 Å². The summed E-state index contributed by atoms with van der Waals surface area (Å²) in [7, 11) is 0. The van der Waals surface area contributed by atoms with Crippen molar-refractivity contribution in [1.82, 2.24) is 14.9 Å². The lowest BCUT2D eigenvalue weighted by molar-refractivity contribution is 0.521. The molecule has 0 amide bonds. The molecule has 0 aliphatic carbocycles. The third kappa shape index (κ3) is 3.14. The van der Waals surface area contributed by atoms with Crippen LogP contribution in [0, 0.1) is 0 Å². The van der Waals surface area contributed by atoms with Crippen molar-refractivity contribution in [3.05, 3.63) is 18.2 Å². The second-order valence-corrected chi connectivity index (χ2v) is 3.67. The van der Waals surface area contributed by atoms with Crippen molar-refractivity contribution in [2.45, 2.75) is 46.2 Å². The van der Waals surface area contributed by atoms with Crippen LogP contribution in [0.5, 0.6) is 0 Å². The predicted octanol–water partition coefficient (Wildman–Crippen LogP) is 1.83. The Kier molecular flexibility index (Phi) is 4.66. The Bertz CT molecular complexity index is 255. The summed E-state index contributed by atoms with van der Waals surface area (Å²) in [5.74, 6) is 0. The first-order chi connectivity index (χ1) is 6.77. The van der Waals surface area contributed by atoms with E-state index in [-0.39, 0.29) is 0 Å². The predicted molar refractivity (Wildman–Crippen MR) is 59.4 cm³/mol. The van der Waals surface area contributed by atoms with Crippen LogP contribution < -0.4 is 5.32 Å². The van der Waals surface area contributed by atoms with Crippen molar-refractivity contribution in [3.63, 3.8) is 0 Å². The Morgan fingerprint density at radius 3 is 2.93 bits per heavy atom. The van der Waals surface area contributed by atoms with Crippen molar-refractivity contribution < 1.29 is 0 Å². The third-order valence-electron chi connectivity index (χ3n) is 2.53. The Morgan fingerprint density at radius 1 is 1.50 bits per heavy atom. The van der Waals surface area contributed by atoms with Gasteiger partial charge in [-0.3, -0.25) is 0 Å². The van der Waals surface area contributed by atoms with Crippen LogP contribution in [0.25, 0.3) is 0 Å². The van der Waals surface area contributed by atoms with Crippen molar-refractivity contribution in [2.24, 2.45) is 0 Å². The molecule has 14 heavy (non-hydrogen) atoms. The molecule has 3 nitrogen and oxygen atoms in total. The second kappa shape index (κ2) is 5.81. The minimum absolute atomic E-state index is 0.597. The zero-order valence-corrected chi connectivity index (χ0v) is 9.45. The number of imidazole rings is 1. The van der Waals surface area contributed by atoms with E-state index < -0.39 is 0 Å². The number of rotatable bonds is 6. The van der Waals surface area contributed by atoms with Gasteiger partial charge in [0.15, 0.2) is 0 Å². The third-order valence-corrected chi connectivity index (χ3v) is 2.53. The van der Waals surface area contributed by atoms with Gasteiger partial charge in [0.2, 0.25) is 0 Å². The molecule has 0 saturated heterocycles. The molecule has 1 N–H and O–H groups in total. The second-order valence-electron chi connectivity index (χ2n) is 3.67. The molecule has 3 heteroatoms. The average molecular weight is 195 g/mol. The molecule has 1 unspecified atom stereocenters. The number of nitrogens with one attached hydrogen (secondary N) is 1. The number of hydrogen-bond acceptors (Lipinski definition) is 2. The standard InChI is InChI=1S/C11H21N3/c1-4-13-10(3)6-7-11-8-12-9-14(11)5-2/h8-10,13H,4-7H2,1-3H3. The fourth-order valence-electron chi connectivity index (χ4n) is 1.66. The summed E-state index contributed by atoms with van der Waals surface area (Å²) < 4.78 is 2.21. The van der Waals surface area contributed by atoms with Gasteiger partial charge in [0, 0.05) is 24.5 Å². The summed E-state index contributed by atoms with van der Waals surface area (Å²) in [6.07, 6.45) is 6.18. The largest absolute Gasteiger partial charge is 0.335 e. The highest BCUT2D eigenvalue weighted by Crippen LogP contribution is 2.04. The van der Waals surface area contributed by atoms with Gasteiger partial charge in [-0.05, 0) is 33.2 Å². The highest BCUT2D eigenvalue weighted by Gasteiger charge is 2.03. The van der Waals surface area contributed by atoms with Gasteiger partial charge in [0.25, 0.3) is 0 Å². The molecule has 0 aliphatic rings. The number of aromatic nitrogens is 2. The Labute approximate surface area is 86.5 Å². The first-order valence-electron chi connectivity index (χ1n) is 5.50. The van der Waals surface area contributed by atoms with Gasteiger partial charge in [-0.1, -0.05) is 6.92 Å². The van der Waals surface area contributed by atoms with Crippen LogP contribution in [0.4, 0.5) is 0 Å². The maximum atomic E-state index is 4.16. The van der Waals surface area contributed by atoms with Gasteiger partial charge in [-0.2, -0.15) is 0 Å². The Hall–Kier alpha value is -0.830. The van der Waals surface area contributed by atoms with Crippen molar-refractivity contribution in [1.29, 1.82) is 0 Å². The zero-order valence-electron chi connectivity index (χ0n) is 9.45. The topological polar surface area (TPSA) is 29.9 Å². The lowest BCUT2D eigenvalue weighted by Crippen LogP contribution is -2.26. The molecule has 80 valence electrons. The van der Waals surface area contributed by atoms with Gasteiger partial charge in [-0.25, -0.2) is 4.98 Å². The van der Waals surface area contributed by atoms with E-state index >= 15 is 0 Å². The summed E-state index contributed by atoms with van der Waals surface area (Å²) in [5, 5.41) is 3.42. The smallest absolute Gasteiger partial charge is 0.0948 e. The molecule has 1 aromatic heterocycles. The molecule has 0 aromatic carbocycles. The van der Waals surface area contributed by atoms with Gasteiger partial charge < -0.3 is 9.88 Å². The van der Waals surface area contributed by atoms with Crippen molar-refractivity contribution in [3.8, 4) is 0 Å². The maximum absolute atomic E-state index is 4.16. The highest BCUT2D eigenvalue weighted by molar-refractivity contribution is 4.98. The lowest BCUT2D eigenvalue weighted by atomic mass is 10.1. The van der Waals surface area contributed by atoms with E-state index in [0.717, 1.165) is 19.5 Å². The first-order valence-corrected chi connectivity index (χ1v) is 5.50. The van der Waals surface area contributed by atoms with E-state index in [1.54, 1.807) is 0 Å². The van der Waals surface area contributed by atoms with E-state index in [0.29, 0.717) is 6.04 Å². The van der Waals surface area contributed by atoms with Crippen LogP contribution in [0.15, 0.2) is 12.5 Å². The molecular formula is C11H21N3. The van der Waals surface area contributed by atoms with E-state index in [1.807, 2.05) is 12.5 Å². The van der Waals surface area contributed by atoms with E-state index in [4.69, 9.17) is 0 Å². The molecule has 0 aliphatic heterocycles. The minimum Gasteiger partial charge on any atom is -0.335 e. The van der Waals surface area contributed by atoms with E-state index in [9.17, 15) is 0 Å². The molecule has 1 rings (SSSR count). The molecule has 0 spiro atoms. The molecule has 0 bridgehead atoms. The first kappa shape index (κ1) is 11.2. The molecule has 0 fully saturated rings. The van der Waals surface area contributed by atoms with Crippen LogP contribution in [0.3, 0.4) is 0 Å². The summed E-state index contributed by atoms with van der Waals surface area (Å²) in [4.78, 5) is 4.16. The monoisotopic (exact) mass is 195 g/mol. The zero-order chi connectivity index (χ0) is 10.4. The van der Waals surface area contributed by atoms with Gasteiger partial charge >= 0.3 is 0 Å². The van der Waals surface area contributed by atoms with Gasteiger partial charge in [0.05, 0.1) is 6.33 Å². The summed E-state index contributed by atoms with van der Waals surface area (Å²) in [5.41, 5.74) is 1.34. The SMILES string of the molecule is CCNC(C)CCc1cncn1CC.